The van der Waals surface area contributed by atoms with Gasteiger partial charge < -0.3 is 14.6 Å². The quantitative estimate of drug-likeness (QED) is 0.357. The molecule has 6 nitrogen and oxygen atoms in total. The second-order valence-electron chi connectivity index (χ2n) is 7.91. The summed E-state index contributed by atoms with van der Waals surface area (Å²) in [5.74, 6) is -2.13. The van der Waals surface area contributed by atoms with E-state index >= 15 is 0 Å². The van der Waals surface area contributed by atoms with Gasteiger partial charge in [0.1, 0.15) is 11.5 Å². The molecule has 0 aliphatic rings. The van der Waals surface area contributed by atoms with Crippen LogP contribution in [-0.4, -0.2) is 22.5 Å². The average Bonchev–Trinajstić information content (AvgIpc) is 2.86. The number of para-hydroxylation sites is 1. The molecule has 8 heteroatoms. The highest BCUT2D eigenvalue weighted by Gasteiger charge is 2.28. The van der Waals surface area contributed by atoms with Crippen molar-refractivity contribution in [3.8, 4) is 11.1 Å². The molecule has 0 saturated carbocycles. The molecule has 178 valence electrons. The zero-order valence-corrected chi connectivity index (χ0v) is 19.8. The molecule has 0 bridgehead atoms. The minimum absolute atomic E-state index is 0.00633. The lowest BCUT2D eigenvalue weighted by Gasteiger charge is -2.20. The lowest BCUT2D eigenvalue weighted by atomic mass is 9.96. The van der Waals surface area contributed by atoms with Gasteiger partial charge in [0.2, 0.25) is 0 Å². The van der Waals surface area contributed by atoms with Crippen molar-refractivity contribution in [2.24, 2.45) is 7.05 Å². The van der Waals surface area contributed by atoms with Crippen LogP contribution in [0.1, 0.15) is 23.8 Å². The van der Waals surface area contributed by atoms with Gasteiger partial charge >= 0.3 is 5.97 Å². The smallest absolute Gasteiger partial charge is 0.356 e. The highest BCUT2D eigenvalue weighted by Crippen LogP contribution is 2.32. The van der Waals surface area contributed by atoms with Crippen molar-refractivity contribution in [3.63, 3.8) is 0 Å². The Balaban J connectivity index is 1.77. The van der Waals surface area contributed by atoms with Crippen LogP contribution in [0.3, 0.4) is 0 Å². The SMILES string of the molecule is CCC(OC(=O)c1c(-c2ccc(Cl)cc2)c2ccccc2c(=O)n1C)C(=O)Nc1ccccc1F. The Morgan fingerprint density at radius 2 is 1.63 bits per heavy atom. The van der Waals surface area contributed by atoms with Crippen molar-refractivity contribution in [2.75, 3.05) is 5.32 Å². The van der Waals surface area contributed by atoms with Crippen LogP contribution in [0.25, 0.3) is 21.9 Å². The molecule has 1 atom stereocenters. The lowest BCUT2D eigenvalue weighted by Crippen LogP contribution is -2.34. The molecule has 0 aliphatic heterocycles. The van der Waals surface area contributed by atoms with E-state index in [1.165, 1.54) is 29.8 Å². The van der Waals surface area contributed by atoms with E-state index in [4.69, 9.17) is 16.3 Å². The van der Waals surface area contributed by atoms with Gasteiger partial charge in [0.05, 0.1) is 5.69 Å². The summed E-state index contributed by atoms with van der Waals surface area (Å²) in [5, 5.41) is 3.96. The van der Waals surface area contributed by atoms with Crippen LogP contribution in [0.4, 0.5) is 10.1 Å². The molecular formula is C27H22ClFN2O4. The summed E-state index contributed by atoms with van der Waals surface area (Å²) >= 11 is 6.06. The molecule has 3 aromatic carbocycles. The first-order valence-corrected chi connectivity index (χ1v) is 11.3. The fourth-order valence-corrected chi connectivity index (χ4v) is 4.02. The van der Waals surface area contributed by atoms with Crippen molar-refractivity contribution in [3.05, 3.63) is 99.7 Å². The van der Waals surface area contributed by atoms with Crippen molar-refractivity contribution in [1.29, 1.82) is 0 Å². The lowest BCUT2D eigenvalue weighted by molar-refractivity contribution is -0.124. The number of carbonyl (C=O) groups excluding carboxylic acids is 2. The number of esters is 1. The molecule has 1 aromatic heterocycles. The van der Waals surface area contributed by atoms with E-state index in [2.05, 4.69) is 5.32 Å². The summed E-state index contributed by atoms with van der Waals surface area (Å²) in [6.45, 7) is 1.67. The zero-order valence-electron chi connectivity index (χ0n) is 19.0. The first-order chi connectivity index (χ1) is 16.8. The predicted octanol–water partition coefficient (Wildman–Crippen LogP) is 5.57. The second-order valence-corrected chi connectivity index (χ2v) is 8.35. The normalized spacial score (nSPS) is 11.8. The topological polar surface area (TPSA) is 77.4 Å². The number of rotatable bonds is 6. The van der Waals surface area contributed by atoms with Gasteiger partial charge in [-0.3, -0.25) is 9.59 Å². The Kier molecular flexibility index (Phi) is 6.98. The van der Waals surface area contributed by atoms with Crippen molar-refractivity contribution >= 4 is 39.9 Å². The second kappa shape index (κ2) is 10.1. The molecule has 0 aliphatic carbocycles. The van der Waals surface area contributed by atoms with Gasteiger partial charge in [-0.1, -0.05) is 61.0 Å². The van der Waals surface area contributed by atoms with E-state index in [0.717, 1.165) is 0 Å². The highest BCUT2D eigenvalue weighted by atomic mass is 35.5. The molecule has 35 heavy (non-hydrogen) atoms. The summed E-state index contributed by atoms with van der Waals surface area (Å²) < 4.78 is 20.8. The van der Waals surface area contributed by atoms with E-state index in [1.807, 2.05) is 0 Å². The Morgan fingerprint density at radius 1 is 1.00 bits per heavy atom. The molecule has 4 aromatic rings. The number of carbonyl (C=O) groups is 2. The van der Waals surface area contributed by atoms with Crippen LogP contribution in [-0.2, 0) is 16.6 Å². The fourth-order valence-electron chi connectivity index (χ4n) is 3.90. The third-order valence-electron chi connectivity index (χ3n) is 5.67. The van der Waals surface area contributed by atoms with Crippen molar-refractivity contribution < 1.29 is 18.7 Å². The van der Waals surface area contributed by atoms with Gasteiger partial charge in [-0.2, -0.15) is 0 Å². The van der Waals surface area contributed by atoms with Crippen molar-refractivity contribution in [2.45, 2.75) is 19.4 Å². The highest BCUT2D eigenvalue weighted by molar-refractivity contribution is 6.30. The number of fused-ring (bicyclic) bond motifs is 1. The van der Waals surface area contributed by atoms with Gasteiger partial charge in [0.15, 0.2) is 6.10 Å². The number of pyridine rings is 1. The van der Waals surface area contributed by atoms with E-state index in [-0.39, 0.29) is 23.4 Å². The van der Waals surface area contributed by atoms with Crippen LogP contribution in [0.2, 0.25) is 5.02 Å². The predicted molar refractivity (Wildman–Crippen MR) is 134 cm³/mol. The maximum absolute atomic E-state index is 14.0. The van der Waals surface area contributed by atoms with E-state index in [1.54, 1.807) is 61.5 Å². The largest absolute Gasteiger partial charge is 0.448 e. The van der Waals surface area contributed by atoms with Gasteiger partial charge in [-0.15, -0.1) is 0 Å². The standard InChI is InChI=1S/C27H22ClFN2O4/c1-3-22(25(32)30-21-11-7-6-10-20(21)29)35-27(34)24-23(16-12-14-17(28)15-13-16)18-8-4-5-9-19(18)26(33)31(24)2/h4-15,22H,3H2,1-2H3,(H,30,32). The maximum Gasteiger partial charge on any atom is 0.356 e. The number of hydrogen-bond donors (Lipinski definition) is 1. The first kappa shape index (κ1) is 24.2. The van der Waals surface area contributed by atoms with Crippen molar-refractivity contribution in [1.82, 2.24) is 4.57 Å². The van der Waals surface area contributed by atoms with Crippen LogP contribution < -0.4 is 10.9 Å². The Morgan fingerprint density at radius 3 is 2.29 bits per heavy atom. The van der Waals surface area contributed by atoms with Crippen LogP contribution in [0.5, 0.6) is 0 Å². The Labute approximate surface area is 205 Å². The molecule has 0 saturated heterocycles. The van der Waals surface area contributed by atoms with Gasteiger partial charge in [0, 0.05) is 23.0 Å². The molecule has 4 rings (SSSR count). The van der Waals surface area contributed by atoms with Crippen LogP contribution in [0.15, 0.2) is 77.6 Å². The minimum atomic E-state index is -1.21. The summed E-state index contributed by atoms with van der Waals surface area (Å²) in [7, 11) is 1.48. The van der Waals surface area contributed by atoms with E-state index < -0.39 is 23.8 Å². The number of benzene rings is 3. The third-order valence-corrected chi connectivity index (χ3v) is 5.93. The molecule has 1 unspecified atom stereocenters. The number of anilines is 1. The maximum atomic E-state index is 14.0. The molecule has 0 fully saturated rings. The average molecular weight is 493 g/mol. The van der Waals surface area contributed by atoms with Gasteiger partial charge in [-0.25, -0.2) is 9.18 Å². The minimum Gasteiger partial charge on any atom is -0.448 e. The fraction of sp³-hybridized carbons (Fsp3) is 0.148. The Bertz CT molecular complexity index is 1480. The van der Waals surface area contributed by atoms with E-state index in [9.17, 15) is 18.8 Å². The number of halogens is 2. The summed E-state index contributed by atoms with van der Waals surface area (Å²) in [4.78, 5) is 39.3. The molecule has 0 spiro atoms. The van der Waals surface area contributed by atoms with Crippen LogP contribution >= 0.6 is 11.6 Å². The van der Waals surface area contributed by atoms with E-state index in [0.29, 0.717) is 26.9 Å². The molecule has 1 amide bonds. The number of nitrogens with one attached hydrogen (secondary N) is 1. The monoisotopic (exact) mass is 492 g/mol. The molecule has 0 radical (unpaired) electrons. The number of aromatic nitrogens is 1. The number of nitrogens with zero attached hydrogens (tertiary/aromatic N) is 1. The number of amides is 1. The van der Waals surface area contributed by atoms with Gasteiger partial charge in [0.25, 0.3) is 11.5 Å². The van der Waals surface area contributed by atoms with Crippen LogP contribution in [0, 0.1) is 5.82 Å². The number of hydrogen-bond acceptors (Lipinski definition) is 4. The molecule has 1 heterocycles. The number of ether oxygens (including phenoxy) is 1. The first-order valence-electron chi connectivity index (χ1n) is 11.0. The summed E-state index contributed by atoms with van der Waals surface area (Å²) in [6.07, 6.45) is -1.06. The zero-order chi connectivity index (χ0) is 25.1. The van der Waals surface area contributed by atoms with Gasteiger partial charge in [-0.05, 0) is 47.7 Å². The third kappa shape index (κ3) is 4.81. The summed E-state index contributed by atoms with van der Waals surface area (Å²) in [5.41, 5.74) is 0.722. The summed E-state index contributed by atoms with van der Waals surface area (Å²) in [6, 6.07) is 19.5. The molecule has 1 N–H and O–H groups in total. The molecular weight excluding hydrogens is 471 g/mol. The Hall–Kier alpha value is -3.97.